The molecule has 1 aliphatic heterocycles. The molecule has 0 radical (unpaired) electrons. The maximum absolute atomic E-state index is 13.4. The molecule has 1 heterocycles. The molecule has 3 nitrogen and oxygen atoms in total. The molecular formula is C12H15ClFNO2S. The number of halogens is 2. The monoisotopic (exact) mass is 291 g/mol. The first kappa shape index (κ1) is 13.8. The maximum Gasteiger partial charge on any atom is 0.150 e. The standard InChI is InChI=1S/C12H15ClFNO2S/c13-10-2-1-9(5-11(10)14)6-12(7-15)3-4-18(16,17)8-12/h1-2,5H,3-4,6-8,15H2. The van der Waals surface area contributed by atoms with Gasteiger partial charge in [0, 0.05) is 5.41 Å². The van der Waals surface area contributed by atoms with Crippen LogP contribution in [-0.2, 0) is 16.3 Å². The van der Waals surface area contributed by atoms with Crippen molar-refractivity contribution in [2.24, 2.45) is 11.1 Å². The van der Waals surface area contributed by atoms with Crippen molar-refractivity contribution in [1.29, 1.82) is 0 Å². The molecule has 1 saturated heterocycles. The minimum absolute atomic E-state index is 0.0691. The average molecular weight is 292 g/mol. The molecule has 1 aromatic carbocycles. The van der Waals surface area contributed by atoms with Gasteiger partial charge in [-0.3, -0.25) is 0 Å². The molecule has 0 aliphatic carbocycles. The van der Waals surface area contributed by atoms with Gasteiger partial charge in [0.1, 0.15) is 5.82 Å². The molecular weight excluding hydrogens is 277 g/mol. The third kappa shape index (κ3) is 2.84. The van der Waals surface area contributed by atoms with Crippen LogP contribution < -0.4 is 5.73 Å². The van der Waals surface area contributed by atoms with E-state index in [9.17, 15) is 12.8 Å². The molecule has 1 fully saturated rings. The van der Waals surface area contributed by atoms with Gasteiger partial charge in [0.25, 0.3) is 0 Å². The highest BCUT2D eigenvalue weighted by atomic mass is 35.5. The van der Waals surface area contributed by atoms with Gasteiger partial charge in [0.05, 0.1) is 16.5 Å². The van der Waals surface area contributed by atoms with Crippen molar-refractivity contribution >= 4 is 21.4 Å². The summed E-state index contributed by atoms with van der Waals surface area (Å²) < 4.78 is 36.5. The van der Waals surface area contributed by atoms with Crippen molar-refractivity contribution in [3.8, 4) is 0 Å². The Balaban J connectivity index is 2.23. The molecule has 0 saturated carbocycles. The molecule has 1 aliphatic rings. The van der Waals surface area contributed by atoms with E-state index in [0.29, 0.717) is 12.8 Å². The molecule has 100 valence electrons. The number of benzene rings is 1. The SMILES string of the molecule is NCC1(Cc2ccc(Cl)c(F)c2)CCS(=O)(=O)C1. The second-order valence-corrected chi connectivity index (χ2v) is 7.56. The largest absolute Gasteiger partial charge is 0.330 e. The fourth-order valence-electron chi connectivity index (χ4n) is 2.44. The molecule has 2 rings (SSSR count). The topological polar surface area (TPSA) is 60.2 Å². The lowest BCUT2D eigenvalue weighted by Gasteiger charge is -2.25. The van der Waals surface area contributed by atoms with E-state index in [2.05, 4.69) is 0 Å². The van der Waals surface area contributed by atoms with Gasteiger partial charge in [-0.1, -0.05) is 17.7 Å². The number of sulfone groups is 1. The van der Waals surface area contributed by atoms with Crippen LogP contribution in [0.25, 0.3) is 0 Å². The van der Waals surface area contributed by atoms with E-state index in [4.69, 9.17) is 17.3 Å². The predicted octanol–water partition coefficient (Wildman–Crippen LogP) is 1.79. The molecule has 1 unspecified atom stereocenters. The normalized spacial score (nSPS) is 26.4. The van der Waals surface area contributed by atoms with Crippen molar-refractivity contribution in [2.75, 3.05) is 18.1 Å². The van der Waals surface area contributed by atoms with Crippen molar-refractivity contribution in [3.05, 3.63) is 34.6 Å². The highest BCUT2D eigenvalue weighted by molar-refractivity contribution is 7.91. The molecule has 1 aromatic rings. The predicted molar refractivity (Wildman–Crippen MR) is 69.9 cm³/mol. The van der Waals surface area contributed by atoms with E-state index < -0.39 is 21.1 Å². The van der Waals surface area contributed by atoms with Crippen LogP contribution in [0.4, 0.5) is 4.39 Å². The zero-order valence-corrected chi connectivity index (χ0v) is 11.4. The van der Waals surface area contributed by atoms with Gasteiger partial charge in [-0.15, -0.1) is 0 Å². The first-order valence-corrected chi connectivity index (χ1v) is 7.90. The van der Waals surface area contributed by atoms with Gasteiger partial charge in [-0.05, 0) is 37.1 Å². The summed E-state index contributed by atoms with van der Waals surface area (Å²) in [5, 5.41) is 0.0691. The van der Waals surface area contributed by atoms with E-state index in [1.165, 1.54) is 12.1 Å². The molecule has 2 N–H and O–H groups in total. The van der Waals surface area contributed by atoms with Crippen LogP contribution in [0.5, 0.6) is 0 Å². The Morgan fingerprint density at radius 2 is 2.17 bits per heavy atom. The van der Waals surface area contributed by atoms with Gasteiger partial charge in [-0.2, -0.15) is 0 Å². The summed E-state index contributed by atoms with van der Waals surface area (Å²) in [6, 6.07) is 4.55. The molecule has 6 heteroatoms. The van der Waals surface area contributed by atoms with Crippen LogP contribution in [0.2, 0.25) is 5.02 Å². The van der Waals surface area contributed by atoms with Gasteiger partial charge in [0.2, 0.25) is 0 Å². The van der Waals surface area contributed by atoms with Gasteiger partial charge < -0.3 is 5.73 Å². The first-order chi connectivity index (χ1) is 8.36. The molecule has 1 atom stereocenters. The summed E-state index contributed by atoms with van der Waals surface area (Å²) >= 11 is 5.62. The Labute approximate surface area is 111 Å². The second kappa shape index (κ2) is 4.79. The molecule has 0 spiro atoms. The summed E-state index contributed by atoms with van der Waals surface area (Å²) in [6.45, 7) is 0.288. The van der Waals surface area contributed by atoms with Crippen molar-refractivity contribution in [3.63, 3.8) is 0 Å². The van der Waals surface area contributed by atoms with Crippen LogP contribution in [0.15, 0.2) is 18.2 Å². The van der Waals surface area contributed by atoms with E-state index in [1.807, 2.05) is 0 Å². The highest BCUT2D eigenvalue weighted by Gasteiger charge is 2.41. The summed E-state index contributed by atoms with van der Waals surface area (Å²) in [7, 11) is -3.00. The molecule has 0 amide bonds. The van der Waals surface area contributed by atoms with Crippen LogP contribution >= 0.6 is 11.6 Å². The van der Waals surface area contributed by atoms with Crippen LogP contribution in [0, 0.1) is 11.2 Å². The Bertz CT molecular complexity index is 561. The molecule has 0 aromatic heterocycles. The fourth-order valence-corrected chi connectivity index (χ4v) is 4.74. The summed E-state index contributed by atoms with van der Waals surface area (Å²) in [5.41, 5.74) is 6.00. The van der Waals surface area contributed by atoms with E-state index in [-0.39, 0.29) is 23.1 Å². The Morgan fingerprint density at radius 3 is 2.67 bits per heavy atom. The number of nitrogens with two attached hydrogens (primary N) is 1. The minimum atomic E-state index is -3.00. The Hall–Kier alpha value is -0.650. The number of hydrogen-bond acceptors (Lipinski definition) is 3. The van der Waals surface area contributed by atoms with E-state index in [0.717, 1.165) is 5.56 Å². The number of rotatable bonds is 3. The zero-order chi connectivity index (χ0) is 13.4. The average Bonchev–Trinajstić information content (AvgIpc) is 2.60. The lowest BCUT2D eigenvalue weighted by molar-refractivity contribution is 0.344. The van der Waals surface area contributed by atoms with Crippen molar-refractivity contribution < 1.29 is 12.8 Å². The first-order valence-electron chi connectivity index (χ1n) is 5.70. The fraction of sp³-hybridized carbons (Fsp3) is 0.500. The van der Waals surface area contributed by atoms with Gasteiger partial charge >= 0.3 is 0 Å². The summed E-state index contributed by atoms with van der Waals surface area (Å²) in [4.78, 5) is 0. The molecule has 18 heavy (non-hydrogen) atoms. The van der Waals surface area contributed by atoms with Crippen LogP contribution in [0.1, 0.15) is 12.0 Å². The van der Waals surface area contributed by atoms with Crippen molar-refractivity contribution in [1.82, 2.24) is 0 Å². The van der Waals surface area contributed by atoms with Crippen molar-refractivity contribution in [2.45, 2.75) is 12.8 Å². The number of hydrogen-bond donors (Lipinski definition) is 1. The quantitative estimate of drug-likeness (QED) is 0.923. The summed E-state index contributed by atoms with van der Waals surface area (Å²) in [6.07, 6.45) is 1.01. The lowest BCUT2D eigenvalue weighted by atomic mass is 9.81. The third-order valence-corrected chi connectivity index (χ3v) is 5.65. The van der Waals surface area contributed by atoms with Gasteiger partial charge in [-0.25, -0.2) is 12.8 Å². The van der Waals surface area contributed by atoms with E-state index >= 15 is 0 Å². The molecule has 0 bridgehead atoms. The van der Waals surface area contributed by atoms with Gasteiger partial charge in [0.15, 0.2) is 9.84 Å². The smallest absolute Gasteiger partial charge is 0.150 e. The highest BCUT2D eigenvalue weighted by Crippen LogP contribution is 2.35. The van der Waals surface area contributed by atoms with Crippen LogP contribution in [0.3, 0.4) is 0 Å². The zero-order valence-electron chi connectivity index (χ0n) is 9.83. The van der Waals surface area contributed by atoms with Crippen LogP contribution in [-0.4, -0.2) is 26.5 Å². The Morgan fingerprint density at radius 1 is 1.44 bits per heavy atom. The minimum Gasteiger partial charge on any atom is -0.330 e. The Kier molecular flexibility index (Phi) is 3.67. The third-order valence-electron chi connectivity index (χ3n) is 3.47. The van der Waals surface area contributed by atoms with E-state index in [1.54, 1.807) is 6.07 Å². The summed E-state index contributed by atoms with van der Waals surface area (Å²) in [5.74, 6) is -0.233. The second-order valence-electron chi connectivity index (χ2n) is 4.97. The lowest BCUT2D eigenvalue weighted by Crippen LogP contribution is -2.34. The maximum atomic E-state index is 13.4.